The van der Waals surface area contributed by atoms with Crippen LogP contribution in [0.15, 0.2) is 24.3 Å². The van der Waals surface area contributed by atoms with Gasteiger partial charge in [0.05, 0.1) is 31.4 Å². The fourth-order valence-electron chi connectivity index (χ4n) is 1.20. The molecule has 1 N–H and O–H groups in total. The van der Waals surface area contributed by atoms with E-state index in [1.54, 1.807) is 6.07 Å². The van der Waals surface area contributed by atoms with Gasteiger partial charge in [0, 0.05) is 5.75 Å². The average molecular weight is 277 g/mol. The Morgan fingerprint density at radius 3 is 2.88 bits per heavy atom. The number of thiol groups is 1. The zero-order valence-electron chi connectivity index (χ0n) is 9.38. The molecule has 0 radical (unpaired) electrons. The first-order chi connectivity index (χ1) is 8.27. The molecule has 3 nitrogen and oxygen atoms in total. The summed E-state index contributed by atoms with van der Waals surface area (Å²) in [7, 11) is 0. The molecule has 0 spiro atoms. The Balaban J connectivity index is 2.38. The molecule has 96 valence electrons. The summed E-state index contributed by atoms with van der Waals surface area (Å²) < 4.78 is 20.1. The minimum atomic E-state index is -0.258. The molecule has 0 heterocycles. The number of ether oxygens (including phenoxy) is 1. The second-order valence-electron chi connectivity index (χ2n) is 3.17. The van der Waals surface area contributed by atoms with Crippen LogP contribution in [-0.2, 0) is 4.74 Å². The first-order valence-electron chi connectivity index (χ1n) is 5.23. The molecule has 0 unspecified atom stereocenters. The third-order valence-electron chi connectivity index (χ3n) is 1.94. The Hall–Kier alpha value is -0.430. The van der Waals surface area contributed by atoms with E-state index in [-0.39, 0.29) is 12.4 Å². The van der Waals surface area contributed by atoms with Gasteiger partial charge in [0.2, 0.25) is 0 Å². The molecule has 0 aliphatic heterocycles. The number of nitrogens with zero attached hydrogens (tertiary/aromatic N) is 1. The van der Waals surface area contributed by atoms with E-state index >= 15 is 0 Å². The first kappa shape index (κ1) is 14.6. The van der Waals surface area contributed by atoms with E-state index in [0.29, 0.717) is 19.1 Å². The predicted octanol–water partition coefficient (Wildman–Crippen LogP) is 2.18. The molecule has 0 fully saturated rings. The summed E-state index contributed by atoms with van der Waals surface area (Å²) in [5.74, 6) is 0.969. The highest BCUT2D eigenvalue weighted by Crippen LogP contribution is 2.23. The lowest BCUT2D eigenvalue weighted by molar-refractivity contribution is 0.103. The number of benzene rings is 1. The van der Waals surface area contributed by atoms with E-state index in [2.05, 4.69) is 12.6 Å². The molecule has 0 amide bonds. The smallest absolute Gasteiger partial charge is 0.125 e. The summed E-state index contributed by atoms with van der Waals surface area (Å²) in [6.07, 6.45) is 0. The fraction of sp³-hybridized carbons (Fsp3) is 0.455. The van der Waals surface area contributed by atoms with Gasteiger partial charge in [-0.05, 0) is 30.1 Å². The van der Waals surface area contributed by atoms with Gasteiger partial charge in [0.25, 0.3) is 0 Å². The van der Waals surface area contributed by atoms with Gasteiger partial charge in [-0.3, -0.25) is 0 Å². The number of aliphatic hydroxyl groups is 1. The minimum absolute atomic E-state index is 0.0326. The van der Waals surface area contributed by atoms with Gasteiger partial charge in [0.15, 0.2) is 0 Å². The highest BCUT2D eigenvalue weighted by molar-refractivity contribution is 8.01. The molecule has 0 bridgehead atoms. The SMILES string of the molecule is OCCOCCSN(CS)c1cccc(F)c1. The van der Waals surface area contributed by atoms with Crippen molar-refractivity contribution < 1.29 is 14.2 Å². The summed E-state index contributed by atoms with van der Waals surface area (Å²) in [5.41, 5.74) is 0.784. The van der Waals surface area contributed by atoms with Crippen molar-refractivity contribution in [3.8, 4) is 0 Å². The van der Waals surface area contributed by atoms with E-state index in [0.717, 1.165) is 11.4 Å². The van der Waals surface area contributed by atoms with Crippen LogP contribution in [0.4, 0.5) is 10.1 Å². The maximum absolute atomic E-state index is 13.0. The Morgan fingerprint density at radius 1 is 1.41 bits per heavy atom. The van der Waals surface area contributed by atoms with Crippen LogP contribution in [0.1, 0.15) is 0 Å². The maximum atomic E-state index is 13.0. The zero-order chi connectivity index (χ0) is 12.5. The lowest BCUT2D eigenvalue weighted by Crippen LogP contribution is -2.14. The van der Waals surface area contributed by atoms with Crippen molar-refractivity contribution in [2.24, 2.45) is 0 Å². The normalized spacial score (nSPS) is 10.5. The molecule has 0 aliphatic rings. The van der Waals surface area contributed by atoms with Gasteiger partial charge in [-0.1, -0.05) is 6.07 Å². The summed E-state index contributed by atoms with van der Waals surface area (Å²) in [4.78, 5) is 0. The van der Waals surface area contributed by atoms with E-state index in [9.17, 15) is 4.39 Å². The molecule has 0 saturated heterocycles. The third-order valence-corrected chi connectivity index (χ3v) is 3.41. The maximum Gasteiger partial charge on any atom is 0.125 e. The second-order valence-corrected chi connectivity index (χ2v) is 4.56. The van der Waals surface area contributed by atoms with Crippen LogP contribution in [0.3, 0.4) is 0 Å². The molecule has 0 atom stereocenters. The van der Waals surface area contributed by atoms with Gasteiger partial charge in [0.1, 0.15) is 5.82 Å². The molecular formula is C11H16FNO2S2. The quantitative estimate of drug-likeness (QED) is 0.330. The van der Waals surface area contributed by atoms with Crippen LogP contribution >= 0.6 is 24.6 Å². The van der Waals surface area contributed by atoms with E-state index in [1.807, 2.05) is 10.4 Å². The van der Waals surface area contributed by atoms with Crippen LogP contribution in [0.5, 0.6) is 0 Å². The van der Waals surface area contributed by atoms with Gasteiger partial charge in [-0.15, -0.1) is 0 Å². The summed E-state index contributed by atoms with van der Waals surface area (Å²) >= 11 is 5.72. The number of rotatable bonds is 8. The minimum Gasteiger partial charge on any atom is -0.394 e. The Morgan fingerprint density at radius 2 is 2.24 bits per heavy atom. The molecule has 1 aromatic carbocycles. The van der Waals surface area contributed by atoms with Crippen molar-refractivity contribution in [2.45, 2.75) is 0 Å². The lowest BCUT2D eigenvalue weighted by atomic mass is 10.3. The molecule has 0 saturated carbocycles. The summed E-state index contributed by atoms with van der Waals surface area (Å²) in [6, 6.07) is 6.39. The van der Waals surface area contributed by atoms with Gasteiger partial charge in [-0.2, -0.15) is 12.6 Å². The number of hydrogen-bond donors (Lipinski definition) is 2. The Labute approximate surface area is 111 Å². The highest BCUT2D eigenvalue weighted by atomic mass is 32.2. The number of anilines is 1. The average Bonchev–Trinajstić information content (AvgIpc) is 2.34. The fourth-order valence-corrected chi connectivity index (χ4v) is 2.37. The molecule has 0 aliphatic carbocycles. The lowest BCUT2D eigenvalue weighted by Gasteiger charge is -2.20. The monoisotopic (exact) mass is 277 g/mol. The molecule has 1 rings (SSSR count). The number of hydrogen-bond acceptors (Lipinski definition) is 5. The summed E-state index contributed by atoms with van der Waals surface area (Å²) in [5, 5.41) is 8.53. The van der Waals surface area contributed by atoms with Crippen LogP contribution in [0.25, 0.3) is 0 Å². The predicted molar refractivity (Wildman–Crippen MR) is 73.1 cm³/mol. The number of aliphatic hydroxyl groups excluding tert-OH is 1. The molecule has 6 heteroatoms. The van der Waals surface area contributed by atoms with Gasteiger partial charge in [-0.25, -0.2) is 4.39 Å². The van der Waals surface area contributed by atoms with Crippen molar-refractivity contribution in [1.29, 1.82) is 0 Å². The topological polar surface area (TPSA) is 32.7 Å². The molecule has 0 aromatic heterocycles. The first-order valence-corrected chi connectivity index (χ1v) is 6.81. The third kappa shape index (κ3) is 5.63. The van der Waals surface area contributed by atoms with E-state index in [4.69, 9.17) is 9.84 Å². The van der Waals surface area contributed by atoms with Crippen molar-refractivity contribution in [3.05, 3.63) is 30.1 Å². The number of halogens is 1. The van der Waals surface area contributed by atoms with Crippen molar-refractivity contribution in [2.75, 3.05) is 35.8 Å². The zero-order valence-corrected chi connectivity index (χ0v) is 11.1. The van der Waals surface area contributed by atoms with Gasteiger partial charge < -0.3 is 14.1 Å². The van der Waals surface area contributed by atoms with Crippen molar-refractivity contribution in [1.82, 2.24) is 0 Å². The second kappa shape index (κ2) is 8.63. The molecular weight excluding hydrogens is 261 g/mol. The van der Waals surface area contributed by atoms with E-state index < -0.39 is 0 Å². The van der Waals surface area contributed by atoms with Crippen LogP contribution in [-0.4, -0.2) is 36.6 Å². The Bertz CT molecular complexity index is 328. The van der Waals surface area contributed by atoms with Crippen molar-refractivity contribution in [3.63, 3.8) is 0 Å². The van der Waals surface area contributed by atoms with Gasteiger partial charge >= 0.3 is 0 Å². The van der Waals surface area contributed by atoms with Crippen LogP contribution in [0.2, 0.25) is 0 Å². The molecule has 1 aromatic rings. The largest absolute Gasteiger partial charge is 0.394 e. The van der Waals surface area contributed by atoms with E-state index in [1.165, 1.54) is 24.1 Å². The van der Waals surface area contributed by atoms with Crippen molar-refractivity contribution >= 4 is 30.3 Å². The molecule has 17 heavy (non-hydrogen) atoms. The standard InChI is InChI=1S/C11H16FNO2S2/c12-10-2-1-3-11(8-10)13(9-16)17-7-6-15-5-4-14/h1-3,8,14,16H,4-7,9H2. The summed E-state index contributed by atoms with van der Waals surface area (Å²) in [6.45, 7) is 0.928. The van der Waals surface area contributed by atoms with Crippen LogP contribution in [0, 0.1) is 5.82 Å². The van der Waals surface area contributed by atoms with Crippen LogP contribution < -0.4 is 4.31 Å². The Kier molecular flexibility index (Phi) is 7.43. The highest BCUT2D eigenvalue weighted by Gasteiger charge is 2.05.